The molecular formula is C77H150O17P2. The molecular weight excluding hydrogens is 1260 g/mol. The molecule has 0 aromatic rings. The summed E-state index contributed by atoms with van der Waals surface area (Å²) in [5, 5.41) is 10.6. The smallest absolute Gasteiger partial charge is 0.462 e. The molecule has 0 aliphatic heterocycles. The van der Waals surface area contributed by atoms with Crippen LogP contribution in [0.2, 0.25) is 0 Å². The predicted octanol–water partition coefficient (Wildman–Crippen LogP) is 22.6. The van der Waals surface area contributed by atoms with Gasteiger partial charge in [0.15, 0.2) is 12.2 Å². The van der Waals surface area contributed by atoms with Crippen molar-refractivity contribution in [2.24, 2.45) is 17.8 Å². The van der Waals surface area contributed by atoms with E-state index in [0.29, 0.717) is 25.7 Å². The van der Waals surface area contributed by atoms with Crippen LogP contribution in [0.3, 0.4) is 0 Å². The Kier molecular flexibility index (Phi) is 66.2. The van der Waals surface area contributed by atoms with Crippen molar-refractivity contribution in [3.8, 4) is 0 Å². The number of hydrogen-bond acceptors (Lipinski definition) is 15. The van der Waals surface area contributed by atoms with Crippen LogP contribution in [-0.4, -0.2) is 96.7 Å². The highest BCUT2D eigenvalue weighted by Crippen LogP contribution is 2.45. The number of phosphoric ester groups is 2. The number of phosphoric acid groups is 2. The molecule has 570 valence electrons. The van der Waals surface area contributed by atoms with Gasteiger partial charge in [0.2, 0.25) is 0 Å². The molecule has 0 aromatic carbocycles. The minimum Gasteiger partial charge on any atom is -0.462 e. The summed E-state index contributed by atoms with van der Waals surface area (Å²) in [6.45, 7) is 11.8. The lowest BCUT2D eigenvalue weighted by molar-refractivity contribution is -0.161. The van der Waals surface area contributed by atoms with Gasteiger partial charge in [0.1, 0.15) is 19.3 Å². The molecule has 17 nitrogen and oxygen atoms in total. The minimum absolute atomic E-state index is 0.104. The number of aliphatic hydroxyl groups is 1. The van der Waals surface area contributed by atoms with E-state index in [1.54, 1.807) is 0 Å². The zero-order valence-corrected chi connectivity index (χ0v) is 64.6. The summed E-state index contributed by atoms with van der Waals surface area (Å²) in [6.07, 6.45) is 54.2. The van der Waals surface area contributed by atoms with Gasteiger partial charge in [0, 0.05) is 25.7 Å². The molecule has 3 N–H and O–H groups in total. The first-order valence-electron chi connectivity index (χ1n) is 39.8. The van der Waals surface area contributed by atoms with Crippen molar-refractivity contribution in [3.63, 3.8) is 0 Å². The highest BCUT2D eigenvalue weighted by Gasteiger charge is 2.30. The van der Waals surface area contributed by atoms with Crippen molar-refractivity contribution in [3.05, 3.63) is 0 Å². The molecule has 0 aromatic heterocycles. The van der Waals surface area contributed by atoms with Crippen molar-refractivity contribution in [2.45, 2.75) is 414 Å². The van der Waals surface area contributed by atoms with Crippen LogP contribution in [0.25, 0.3) is 0 Å². The van der Waals surface area contributed by atoms with Gasteiger partial charge < -0.3 is 33.8 Å². The van der Waals surface area contributed by atoms with Crippen LogP contribution in [-0.2, 0) is 65.4 Å². The van der Waals surface area contributed by atoms with Crippen molar-refractivity contribution < 1.29 is 80.2 Å². The molecule has 0 radical (unpaired) electrons. The molecule has 0 aliphatic carbocycles. The predicted molar refractivity (Wildman–Crippen MR) is 391 cm³/mol. The topological polar surface area (TPSA) is 237 Å². The quantitative estimate of drug-likeness (QED) is 0.0222. The number of ether oxygens (including phenoxy) is 4. The van der Waals surface area contributed by atoms with Crippen LogP contribution >= 0.6 is 15.6 Å². The second kappa shape index (κ2) is 67.5. The summed E-state index contributed by atoms with van der Waals surface area (Å²) in [5.41, 5.74) is 0. The molecule has 0 aliphatic rings. The van der Waals surface area contributed by atoms with Crippen molar-refractivity contribution in [2.75, 3.05) is 39.6 Å². The van der Waals surface area contributed by atoms with E-state index in [9.17, 15) is 43.2 Å². The van der Waals surface area contributed by atoms with Gasteiger partial charge in [0.05, 0.1) is 26.4 Å². The maximum atomic E-state index is 13.1. The fourth-order valence-electron chi connectivity index (χ4n) is 11.8. The van der Waals surface area contributed by atoms with Crippen molar-refractivity contribution in [1.29, 1.82) is 0 Å². The van der Waals surface area contributed by atoms with Crippen LogP contribution in [0.4, 0.5) is 0 Å². The van der Waals surface area contributed by atoms with E-state index < -0.39 is 97.5 Å². The third-order valence-corrected chi connectivity index (χ3v) is 19.8. The van der Waals surface area contributed by atoms with Gasteiger partial charge in [-0.15, -0.1) is 0 Å². The largest absolute Gasteiger partial charge is 0.472 e. The molecule has 0 saturated carbocycles. The molecule has 5 atom stereocenters. The highest BCUT2D eigenvalue weighted by atomic mass is 31.2. The standard InChI is InChI=1S/C77H150O17P2/c1-8-9-10-11-12-13-14-15-16-17-18-19-20-21-26-29-39-46-53-60-76(81)93-72(64-87-74(79)58-51-44-37-28-25-23-22-24-27-34-41-48-55-68(2)3)66-91-95(83,84)89-62-71(78)63-90-96(85,86)92-67-73(94-77(82)61-54-47-40-33-31-36-43-50-57-70(6)7)65-88-75(80)59-52-45-38-32-30-35-42-49-56-69(4)5/h68-73,78H,8-67H2,1-7H3,(H,83,84)(H,85,86)/t71-,72-,73-/m1/s1. The van der Waals surface area contributed by atoms with Gasteiger partial charge in [0.25, 0.3) is 0 Å². The minimum atomic E-state index is -4.96. The van der Waals surface area contributed by atoms with E-state index in [-0.39, 0.29) is 25.7 Å². The van der Waals surface area contributed by atoms with Gasteiger partial charge in [-0.3, -0.25) is 37.3 Å². The van der Waals surface area contributed by atoms with Crippen molar-refractivity contribution >= 4 is 39.5 Å². The summed E-state index contributed by atoms with van der Waals surface area (Å²) < 4.78 is 68.5. The van der Waals surface area contributed by atoms with Gasteiger partial charge in [-0.25, -0.2) is 9.13 Å². The average Bonchev–Trinajstić information content (AvgIpc) is 1.48. The molecule has 0 spiro atoms. The van der Waals surface area contributed by atoms with Crippen LogP contribution in [0.1, 0.15) is 395 Å². The zero-order chi connectivity index (χ0) is 70.9. The first-order chi connectivity index (χ1) is 46.2. The molecule has 0 bridgehead atoms. The first-order valence-corrected chi connectivity index (χ1v) is 42.8. The monoisotopic (exact) mass is 1410 g/mol. The maximum Gasteiger partial charge on any atom is 0.472 e. The lowest BCUT2D eigenvalue weighted by Gasteiger charge is -2.21. The molecule has 0 fully saturated rings. The number of esters is 4. The van der Waals surface area contributed by atoms with Crippen molar-refractivity contribution in [1.82, 2.24) is 0 Å². The normalized spacial score (nSPS) is 14.1. The Hall–Kier alpha value is -1.94. The molecule has 96 heavy (non-hydrogen) atoms. The highest BCUT2D eigenvalue weighted by molar-refractivity contribution is 7.47. The lowest BCUT2D eigenvalue weighted by atomic mass is 10.0. The summed E-state index contributed by atoms with van der Waals surface area (Å²) in [4.78, 5) is 72.8. The summed E-state index contributed by atoms with van der Waals surface area (Å²) in [5.74, 6) is 0.108. The Morgan fingerprint density at radius 3 is 0.708 bits per heavy atom. The van der Waals surface area contributed by atoms with Crippen LogP contribution < -0.4 is 0 Å². The van der Waals surface area contributed by atoms with Gasteiger partial charge in [-0.05, 0) is 43.4 Å². The summed E-state index contributed by atoms with van der Waals surface area (Å²) in [7, 11) is -9.91. The van der Waals surface area contributed by atoms with E-state index in [0.717, 1.165) is 108 Å². The number of hydrogen-bond donors (Lipinski definition) is 3. The molecule has 0 saturated heterocycles. The van der Waals surface area contributed by atoms with Crippen LogP contribution in [0, 0.1) is 17.8 Å². The van der Waals surface area contributed by atoms with E-state index in [2.05, 4.69) is 48.5 Å². The maximum absolute atomic E-state index is 13.1. The number of rotatable bonds is 75. The fraction of sp³-hybridized carbons (Fsp3) is 0.948. The molecule has 2 unspecified atom stereocenters. The SMILES string of the molecule is CCCCCCCCCCCCCCCCCCCCCC(=O)O[C@H](COC(=O)CCCCCCCCCCCCCCC(C)C)COP(=O)(O)OC[C@@H](O)COP(=O)(O)OC[C@@H](COC(=O)CCCCCCCCCCC(C)C)OC(=O)CCCCCCCCCCC(C)C. The van der Waals surface area contributed by atoms with Gasteiger partial charge in [-0.2, -0.15) is 0 Å². The van der Waals surface area contributed by atoms with E-state index in [4.69, 9.17) is 37.0 Å². The Morgan fingerprint density at radius 2 is 0.479 bits per heavy atom. The van der Waals surface area contributed by atoms with E-state index in [1.165, 1.54) is 205 Å². The average molecular weight is 1410 g/mol. The molecule has 19 heteroatoms. The van der Waals surface area contributed by atoms with Gasteiger partial charge >= 0.3 is 39.5 Å². The Bertz CT molecular complexity index is 1870. The van der Waals surface area contributed by atoms with E-state index >= 15 is 0 Å². The number of carbonyl (C=O) groups excluding carboxylic acids is 4. The zero-order valence-electron chi connectivity index (χ0n) is 62.8. The third kappa shape index (κ3) is 70.5. The Balaban J connectivity index is 5.23. The Morgan fingerprint density at radius 1 is 0.281 bits per heavy atom. The lowest BCUT2D eigenvalue weighted by Crippen LogP contribution is -2.30. The number of unbranched alkanes of at least 4 members (excludes halogenated alkanes) is 43. The third-order valence-electron chi connectivity index (χ3n) is 17.9. The first kappa shape index (κ1) is 94.1. The van der Waals surface area contributed by atoms with Crippen LogP contribution in [0.15, 0.2) is 0 Å². The summed E-state index contributed by atoms with van der Waals surface area (Å²) >= 11 is 0. The number of carbonyl (C=O) groups is 4. The second-order valence-electron chi connectivity index (χ2n) is 29.2. The second-order valence-corrected chi connectivity index (χ2v) is 32.1. The Labute approximate surface area is 588 Å². The van der Waals surface area contributed by atoms with E-state index in [1.807, 2.05) is 0 Å². The van der Waals surface area contributed by atoms with Crippen LogP contribution in [0.5, 0.6) is 0 Å². The number of aliphatic hydroxyl groups excluding tert-OH is 1. The van der Waals surface area contributed by atoms with Gasteiger partial charge in [-0.1, -0.05) is 344 Å². The molecule has 0 amide bonds. The molecule has 0 heterocycles. The fourth-order valence-corrected chi connectivity index (χ4v) is 13.4. The summed E-state index contributed by atoms with van der Waals surface area (Å²) in [6, 6.07) is 0. The molecule has 0 rings (SSSR count).